The van der Waals surface area contributed by atoms with Crippen LogP contribution in [-0.4, -0.2) is 23.8 Å². The third-order valence-electron chi connectivity index (χ3n) is 11.2. The molecule has 33 heavy (non-hydrogen) atoms. The van der Waals surface area contributed by atoms with Crippen LogP contribution < -0.4 is 0 Å². The maximum atomic E-state index is 11.6. The molecule has 0 bridgehead atoms. The van der Waals surface area contributed by atoms with E-state index in [0.29, 0.717) is 41.1 Å². The maximum Gasteiger partial charge on any atom is 0.302 e. The minimum atomic E-state index is -0.134. The highest BCUT2D eigenvalue weighted by atomic mass is 16.6. The molecule has 4 fully saturated rings. The molecule has 0 aromatic carbocycles. The molecular formula is C30H46O3. The number of ether oxygens (including phenoxy) is 2. The van der Waals surface area contributed by atoms with Crippen LogP contribution in [0.1, 0.15) is 93.4 Å². The van der Waals surface area contributed by atoms with Crippen LogP contribution in [0.5, 0.6) is 0 Å². The maximum absolute atomic E-state index is 11.6. The molecule has 0 amide bonds. The SMILES string of the molecule is CC(=O)O[C@@H]1CC[C@]2(C)[C@@H](CC=C3[C@@H]4CC[C@@H]([C@H](C)/C=C/[C@H](C)C(C)C)[C@@]4(C)C[C@H]4O[C@@]342)C1. The summed E-state index contributed by atoms with van der Waals surface area (Å²) in [6, 6.07) is 0. The van der Waals surface area contributed by atoms with E-state index in [-0.39, 0.29) is 23.1 Å². The lowest BCUT2D eigenvalue weighted by molar-refractivity contribution is -0.152. The van der Waals surface area contributed by atoms with Gasteiger partial charge in [-0.3, -0.25) is 4.79 Å². The van der Waals surface area contributed by atoms with Gasteiger partial charge in [-0.1, -0.05) is 59.8 Å². The van der Waals surface area contributed by atoms with Crippen molar-refractivity contribution in [1.82, 2.24) is 0 Å². The third kappa shape index (κ3) is 3.42. The molecule has 184 valence electrons. The van der Waals surface area contributed by atoms with E-state index in [4.69, 9.17) is 9.47 Å². The van der Waals surface area contributed by atoms with Crippen LogP contribution >= 0.6 is 0 Å². The van der Waals surface area contributed by atoms with Crippen molar-refractivity contribution in [1.29, 1.82) is 0 Å². The highest BCUT2D eigenvalue weighted by Gasteiger charge is 2.77. The molecule has 4 aliphatic carbocycles. The van der Waals surface area contributed by atoms with E-state index in [0.717, 1.165) is 31.6 Å². The number of hydrogen-bond acceptors (Lipinski definition) is 3. The number of rotatable bonds is 5. The second kappa shape index (κ2) is 7.97. The normalized spacial score (nSPS) is 47.8. The average molecular weight is 455 g/mol. The van der Waals surface area contributed by atoms with Gasteiger partial charge in [0.05, 0.1) is 6.10 Å². The first-order chi connectivity index (χ1) is 15.5. The fourth-order valence-electron chi connectivity index (χ4n) is 8.87. The summed E-state index contributed by atoms with van der Waals surface area (Å²) >= 11 is 0. The van der Waals surface area contributed by atoms with Crippen LogP contribution in [0, 0.1) is 46.3 Å². The lowest BCUT2D eigenvalue weighted by Crippen LogP contribution is -2.56. The van der Waals surface area contributed by atoms with Crippen LogP contribution in [0.2, 0.25) is 0 Å². The van der Waals surface area contributed by atoms with Crippen LogP contribution in [0.4, 0.5) is 0 Å². The van der Waals surface area contributed by atoms with E-state index in [9.17, 15) is 4.79 Å². The molecule has 0 aromatic rings. The minimum absolute atomic E-state index is 0.0264. The van der Waals surface area contributed by atoms with Crippen molar-refractivity contribution < 1.29 is 14.3 Å². The lowest BCUT2D eigenvalue weighted by atomic mass is 9.47. The van der Waals surface area contributed by atoms with Gasteiger partial charge in [0.1, 0.15) is 11.7 Å². The van der Waals surface area contributed by atoms with Crippen molar-refractivity contribution in [3.63, 3.8) is 0 Å². The summed E-state index contributed by atoms with van der Waals surface area (Å²) < 4.78 is 12.5. The molecule has 3 nitrogen and oxygen atoms in total. The van der Waals surface area contributed by atoms with Crippen LogP contribution in [0.25, 0.3) is 0 Å². The Morgan fingerprint density at radius 3 is 2.61 bits per heavy atom. The molecule has 1 spiro atoms. The zero-order valence-electron chi connectivity index (χ0n) is 22.0. The topological polar surface area (TPSA) is 38.8 Å². The summed E-state index contributed by atoms with van der Waals surface area (Å²) in [7, 11) is 0. The first-order valence-electron chi connectivity index (χ1n) is 13.8. The molecule has 0 N–H and O–H groups in total. The highest BCUT2D eigenvalue weighted by Crippen LogP contribution is 2.75. The lowest BCUT2D eigenvalue weighted by Gasteiger charge is -2.55. The Morgan fingerprint density at radius 1 is 1.15 bits per heavy atom. The summed E-state index contributed by atoms with van der Waals surface area (Å²) in [5.41, 5.74) is 2.18. The highest BCUT2D eigenvalue weighted by molar-refractivity contribution is 5.66. The molecule has 5 aliphatic rings. The Hall–Kier alpha value is -1.09. The number of hydrogen-bond donors (Lipinski definition) is 0. The summed E-state index contributed by atoms with van der Waals surface area (Å²) in [4.78, 5) is 11.6. The summed E-state index contributed by atoms with van der Waals surface area (Å²) in [6.07, 6.45) is 16.2. The molecular weight excluding hydrogens is 408 g/mol. The minimum Gasteiger partial charge on any atom is -0.463 e. The summed E-state index contributed by atoms with van der Waals surface area (Å²) in [6.45, 7) is 16.1. The van der Waals surface area contributed by atoms with Crippen molar-refractivity contribution in [2.24, 2.45) is 46.3 Å². The molecule has 0 aromatic heterocycles. The van der Waals surface area contributed by atoms with E-state index in [2.05, 4.69) is 59.8 Å². The van der Waals surface area contributed by atoms with Gasteiger partial charge in [-0.15, -0.1) is 0 Å². The number of allylic oxidation sites excluding steroid dienone is 3. The largest absolute Gasteiger partial charge is 0.463 e. The van der Waals surface area contributed by atoms with Crippen molar-refractivity contribution >= 4 is 5.97 Å². The van der Waals surface area contributed by atoms with Crippen molar-refractivity contribution in [2.75, 3.05) is 0 Å². The van der Waals surface area contributed by atoms with E-state index in [1.54, 1.807) is 12.5 Å². The van der Waals surface area contributed by atoms with Gasteiger partial charge < -0.3 is 9.47 Å². The number of esters is 1. The number of carbonyl (C=O) groups excluding carboxylic acids is 1. The van der Waals surface area contributed by atoms with E-state index >= 15 is 0 Å². The second-order valence-electron chi connectivity index (χ2n) is 13.2. The fraction of sp³-hybridized carbons (Fsp3) is 0.833. The number of epoxide rings is 1. The van der Waals surface area contributed by atoms with Crippen molar-refractivity contribution in [2.45, 2.75) is 111 Å². The fourth-order valence-corrected chi connectivity index (χ4v) is 8.87. The van der Waals surface area contributed by atoms with Crippen molar-refractivity contribution in [3.8, 4) is 0 Å². The van der Waals surface area contributed by atoms with Gasteiger partial charge in [0.2, 0.25) is 0 Å². The summed E-state index contributed by atoms with van der Waals surface area (Å²) in [5.74, 6) is 3.81. The van der Waals surface area contributed by atoms with Crippen LogP contribution in [0.15, 0.2) is 23.8 Å². The van der Waals surface area contributed by atoms with E-state index in [1.165, 1.54) is 19.3 Å². The van der Waals surface area contributed by atoms with E-state index in [1.807, 2.05) is 0 Å². The zero-order valence-corrected chi connectivity index (χ0v) is 22.0. The zero-order chi connectivity index (χ0) is 23.8. The summed E-state index contributed by atoms with van der Waals surface area (Å²) in [5, 5.41) is 0. The predicted molar refractivity (Wildman–Crippen MR) is 133 cm³/mol. The molecule has 1 heterocycles. The van der Waals surface area contributed by atoms with Gasteiger partial charge >= 0.3 is 5.97 Å². The first-order valence-corrected chi connectivity index (χ1v) is 13.8. The third-order valence-corrected chi connectivity index (χ3v) is 11.2. The monoisotopic (exact) mass is 454 g/mol. The van der Waals surface area contributed by atoms with Gasteiger partial charge in [-0.25, -0.2) is 0 Å². The Morgan fingerprint density at radius 2 is 1.91 bits per heavy atom. The van der Waals surface area contributed by atoms with Gasteiger partial charge in [-0.05, 0) is 91.4 Å². The van der Waals surface area contributed by atoms with Gasteiger partial charge in [0.25, 0.3) is 0 Å². The van der Waals surface area contributed by atoms with Gasteiger partial charge in [-0.2, -0.15) is 0 Å². The Balaban J connectivity index is 1.38. The smallest absolute Gasteiger partial charge is 0.302 e. The van der Waals surface area contributed by atoms with Crippen LogP contribution in [-0.2, 0) is 14.3 Å². The predicted octanol–water partition coefficient (Wildman–Crippen LogP) is 7.11. The Bertz CT molecular complexity index is 857. The van der Waals surface area contributed by atoms with E-state index < -0.39 is 0 Å². The van der Waals surface area contributed by atoms with Crippen molar-refractivity contribution in [3.05, 3.63) is 23.8 Å². The molecule has 3 heteroatoms. The average Bonchev–Trinajstić information content (AvgIpc) is 3.36. The molecule has 0 radical (unpaired) electrons. The molecule has 10 atom stereocenters. The quantitative estimate of drug-likeness (QED) is 0.252. The number of fused-ring (bicyclic) bond motifs is 3. The number of carbonyl (C=O) groups is 1. The standard InChI is InChI=1S/C30H46O3/c1-18(2)19(3)8-9-20(4)24-12-13-25-26-11-10-22-16-23(32-21(5)31)14-15-29(22,7)30(26)27(33-30)17-28(24,25)6/h8-9,11,18-20,22-25,27H,10,12-17H2,1-7H3/b9-8+/t19-,20+,22-,23+,24-,25-,27+,28+,29+,30-/m0/s1. The first kappa shape index (κ1) is 23.6. The van der Waals surface area contributed by atoms with Gasteiger partial charge in [0, 0.05) is 12.3 Å². The molecule has 3 saturated carbocycles. The second-order valence-corrected chi connectivity index (χ2v) is 13.2. The molecule has 0 unspecified atom stereocenters. The molecule has 1 saturated heterocycles. The Kier molecular flexibility index (Phi) is 5.71. The van der Waals surface area contributed by atoms with Crippen LogP contribution in [0.3, 0.4) is 0 Å². The molecule has 5 rings (SSSR count). The van der Waals surface area contributed by atoms with Gasteiger partial charge in [0.15, 0.2) is 0 Å². The Labute approximate surface area is 201 Å². The molecule has 1 aliphatic heterocycles.